The zero-order chi connectivity index (χ0) is 20.9. The van der Waals surface area contributed by atoms with Gasteiger partial charge in [0.15, 0.2) is 0 Å². The van der Waals surface area contributed by atoms with Crippen molar-refractivity contribution >= 4 is 0 Å². The molecule has 1 fully saturated rings. The summed E-state index contributed by atoms with van der Waals surface area (Å²) in [6.07, 6.45) is 14.0. The van der Waals surface area contributed by atoms with Gasteiger partial charge in [0.25, 0.3) is 0 Å². The second-order valence-corrected chi connectivity index (χ2v) is 10.2. The molecule has 2 aliphatic rings. The zero-order valence-corrected chi connectivity index (χ0v) is 19.5. The highest BCUT2D eigenvalue weighted by Crippen LogP contribution is 2.53. The van der Waals surface area contributed by atoms with E-state index in [2.05, 4.69) is 53.7 Å². The molecule has 162 valence electrons. The fourth-order valence-corrected chi connectivity index (χ4v) is 6.29. The minimum absolute atomic E-state index is 0.253. The van der Waals surface area contributed by atoms with Crippen LogP contribution in [0.5, 0.6) is 0 Å². The van der Waals surface area contributed by atoms with Crippen LogP contribution in [0.1, 0.15) is 92.9 Å². The lowest BCUT2D eigenvalue weighted by Crippen LogP contribution is -2.49. The highest BCUT2D eigenvalue weighted by atomic mass is 16.3. The number of unbranched alkanes of at least 4 members (excludes halogenated alkanes) is 1. The van der Waals surface area contributed by atoms with Gasteiger partial charge >= 0.3 is 0 Å². The van der Waals surface area contributed by atoms with Crippen molar-refractivity contribution < 1.29 is 5.11 Å². The summed E-state index contributed by atoms with van der Waals surface area (Å²) < 4.78 is 0. The molecule has 0 bridgehead atoms. The normalized spacial score (nSPS) is 33.8. The molecule has 3 N–H and O–H groups in total. The van der Waals surface area contributed by atoms with Crippen LogP contribution < -0.4 is 5.73 Å². The van der Waals surface area contributed by atoms with Crippen LogP contribution >= 0.6 is 0 Å². The summed E-state index contributed by atoms with van der Waals surface area (Å²) in [5, 5.41) is 12.1. The largest absolute Gasteiger partial charge is 0.389 e. The molecule has 6 atom stereocenters. The summed E-state index contributed by atoms with van der Waals surface area (Å²) in [5.41, 5.74) is 8.33. The summed E-state index contributed by atoms with van der Waals surface area (Å²) in [6.45, 7) is 14.5. The molecule has 2 nitrogen and oxygen atoms in total. The molecule has 0 aromatic rings. The first-order chi connectivity index (χ1) is 13.3. The van der Waals surface area contributed by atoms with E-state index in [1.165, 1.54) is 31.3 Å². The molecule has 0 saturated heterocycles. The molecule has 0 spiro atoms. The Morgan fingerprint density at radius 1 is 1.21 bits per heavy atom. The van der Waals surface area contributed by atoms with Gasteiger partial charge in [-0.05, 0) is 87.2 Å². The molecular weight excluding hydrogens is 342 g/mol. The van der Waals surface area contributed by atoms with Crippen LogP contribution in [0.15, 0.2) is 23.3 Å². The van der Waals surface area contributed by atoms with Gasteiger partial charge < -0.3 is 10.8 Å². The second-order valence-electron chi connectivity index (χ2n) is 10.2. The molecule has 4 unspecified atom stereocenters. The number of hydrogen-bond acceptors (Lipinski definition) is 2. The third kappa shape index (κ3) is 5.11. The lowest BCUT2D eigenvalue weighted by molar-refractivity contribution is -0.0926. The number of rotatable bonds is 9. The highest BCUT2D eigenvalue weighted by molar-refractivity contribution is 5.37. The van der Waals surface area contributed by atoms with E-state index in [1.54, 1.807) is 5.57 Å². The van der Waals surface area contributed by atoms with Gasteiger partial charge in [-0.3, -0.25) is 0 Å². The topological polar surface area (TPSA) is 46.2 Å². The smallest absolute Gasteiger partial charge is 0.0719 e. The van der Waals surface area contributed by atoms with Crippen LogP contribution in [-0.2, 0) is 0 Å². The Kier molecular flexibility index (Phi) is 8.82. The molecular formula is C26H47NO. The Labute approximate surface area is 175 Å². The fraction of sp³-hybridized carbons (Fsp3) is 0.846. The van der Waals surface area contributed by atoms with Crippen LogP contribution in [0.2, 0.25) is 0 Å². The zero-order valence-electron chi connectivity index (χ0n) is 19.5. The molecule has 2 aliphatic carbocycles. The van der Waals surface area contributed by atoms with E-state index in [1.807, 2.05) is 0 Å². The molecule has 0 radical (unpaired) electrons. The standard InChI is InChI=1S/C26H47NO/c1-7-9-10-11-23-21(8-2)20(14-15-27)17-25(23)26(6,28)24-16-19(5)12-13-22(24)18(3)4/h10-11,18-20,22,24-25,28H,7-9,12-17,27H2,1-6H3/b11-10-/t19-,20?,22-,24?,25?,26?/m1/s1. The molecule has 1 saturated carbocycles. The molecule has 0 amide bonds. The van der Waals surface area contributed by atoms with Crippen molar-refractivity contribution in [3.05, 3.63) is 23.3 Å². The van der Waals surface area contributed by atoms with Crippen molar-refractivity contribution in [1.82, 2.24) is 0 Å². The Morgan fingerprint density at radius 2 is 1.93 bits per heavy atom. The van der Waals surface area contributed by atoms with Crippen LogP contribution in [0, 0.1) is 35.5 Å². The molecule has 0 aromatic carbocycles. The molecule has 0 aromatic heterocycles. The molecule has 2 heteroatoms. The first kappa shape index (κ1) is 23.7. The van der Waals surface area contributed by atoms with E-state index in [4.69, 9.17) is 5.73 Å². The van der Waals surface area contributed by atoms with E-state index >= 15 is 0 Å². The van der Waals surface area contributed by atoms with Gasteiger partial charge in [0.05, 0.1) is 5.60 Å². The number of hydrogen-bond donors (Lipinski definition) is 2. The van der Waals surface area contributed by atoms with Gasteiger partial charge in [0, 0.05) is 5.92 Å². The summed E-state index contributed by atoms with van der Waals surface area (Å²) in [4.78, 5) is 0. The van der Waals surface area contributed by atoms with Gasteiger partial charge in [0.1, 0.15) is 0 Å². The Morgan fingerprint density at radius 3 is 2.50 bits per heavy atom. The van der Waals surface area contributed by atoms with E-state index in [0.717, 1.165) is 38.1 Å². The van der Waals surface area contributed by atoms with Crippen LogP contribution in [0.4, 0.5) is 0 Å². The summed E-state index contributed by atoms with van der Waals surface area (Å²) >= 11 is 0. The monoisotopic (exact) mass is 389 g/mol. The Bertz CT molecular complexity index is 545. The van der Waals surface area contributed by atoms with Gasteiger partial charge in [-0.2, -0.15) is 0 Å². The maximum atomic E-state index is 12.1. The van der Waals surface area contributed by atoms with Crippen LogP contribution in [0.25, 0.3) is 0 Å². The molecule has 28 heavy (non-hydrogen) atoms. The Hall–Kier alpha value is -0.600. The van der Waals surface area contributed by atoms with Gasteiger partial charge in [-0.1, -0.05) is 65.2 Å². The third-order valence-corrected chi connectivity index (χ3v) is 7.89. The van der Waals surface area contributed by atoms with Crippen molar-refractivity contribution in [1.29, 1.82) is 0 Å². The summed E-state index contributed by atoms with van der Waals surface area (Å²) in [5.74, 6) is 3.19. The fourth-order valence-electron chi connectivity index (χ4n) is 6.29. The van der Waals surface area contributed by atoms with Crippen LogP contribution in [0.3, 0.4) is 0 Å². The lowest BCUT2D eigenvalue weighted by atomic mass is 9.60. The first-order valence-corrected chi connectivity index (χ1v) is 12.1. The SMILES string of the molecule is CCC/C=C\C1=C(CC)C(CCN)CC1C(C)(O)C1C[C@H](C)CC[C@@H]1C(C)C. The van der Waals surface area contributed by atoms with Crippen molar-refractivity contribution in [2.45, 2.75) is 98.5 Å². The van der Waals surface area contributed by atoms with Crippen molar-refractivity contribution in [3.63, 3.8) is 0 Å². The maximum Gasteiger partial charge on any atom is 0.0719 e. The predicted molar refractivity (Wildman–Crippen MR) is 122 cm³/mol. The summed E-state index contributed by atoms with van der Waals surface area (Å²) in [6, 6.07) is 0. The van der Waals surface area contributed by atoms with E-state index in [9.17, 15) is 5.11 Å². The third-order valence-electron chi connectivity index (χ3n) is 7.89. The number of allylic oxidation sites excluding steroid dienone is 3. The second kappa shape index (κ2) is 10.4. The summed E-state index contributed by atoms with van der Waals surface area (Å²) in [7, 11) is 0. The van der Waals surface area contributed by atoms with Crippen molar-refractivity contribution in [2.75, 3.05) is 6.54 Å². The van der Waals surface area contributed by atoms with Crippen molar-refractivity contribution in [3.8, 4) is 0 Å². The highest BCUT2D eigenvalue weighted by Gasteiger charge is 2.49. The average molecular weight is 390 g/mol. The minimum Gasteiger partial charge on any atom is -0.389 e. The average Bonchev–Trinajstić information content (AvgIpc) is 3.00. The maximum absolute atomic E-state index is 12.1. The Balaban J connectivity index is 2.40. The minimum atomic E-state index is -0.640. The van der Waals surface area contributed by atoms with Gasteiger partial charge in [-0.15, -0.1) is 0 Å². The quantitative estimate of drug-likeness (QED) is 0.473. The first-order valence-electron chi connectivity index (χ1n) is 12.1. The van der Waals surface area contributed by atoms with E-state index in [0.29, 0.717) is 23.7 Å². The number of aliphatic hydroxyl groups is 1. The van der Waals surface area contributed by atoms with Crippen LogP contribution in [-0.4, -0.2) is 17.3 Å². The van der Waals surface area contributed by atoms with Crippen molar-refractivity contribution in [2.24, 2.45) is 41.2 Å². The lowest BCUT2D eigenvalue weighted by Gasteiger charge is -2.48. The molecule has 2 rings (SSSR count). The predicted octanol–water partition coefficient (Wildman–Crippen LogP) is 6.49. The van der Waals surface area contributed by atoms with Gasteiger partial charge in [-0.25, -0.2) is 0 Å². The van der Waals surface area contributed by atoms with E-state index in [-0.39, 0.29) is 5.92 Å². The van der Waals surface area contributed by atoms with Gasteiger partial charge in [0.2, 0.25) is 0 Å². The molecule has 0 heterocycles. The number of nitrogens with two attached hydrogens (primary N) is 1. The van der Waals surface area contributed by atoms with E-state index < -0.39 is 5.60 Å². The molecule has 0 aliphatic heterocycles.